The van der Waals surface area contributed by atoms with Crippen molar-refractivity contribution >= 4 is 53.2 Å². The maximum atomic E-state index is 13.6. The molecule has 2 aliphatic heterocycles. The van der Waals surface area contributed by atoms with E-state index in [4.69, 9.17) is 0 Å². The Bertz CT molecular complexity index is 1580. The molecule has 0 saturated carbocycles. The number of carboxylic acids is 1. The Hall–Kier alpha value is -4.85. The van der Waals surface area contributed by atoms with Gasteiger partial charge in [0.2, 0.25) is 41.4 Å². The molecule has 0 radical (unpaired) electrons. The van der Waals surface area contributed by atoms with Gasteiger partial charge in [0.1, 0.15) is 48.3 Å². The lowest BCUT2D eigenvalue weighted by Crippen LogP contribution is -2.69. The van der Waals surface area contributed by atoms with Crippen LogP contribution in [0.4, 0.5) is 0 Å². The third-order valence-electron chi connectivity index (χ3n) is 11.6. The summed E-state index contributed by atoms with van der Waals surface area (Å²) in [6.07, 6.45) is 4.72. The molecule has 0 unspecified atom stereocenters. The predicted molar refractivity (Wildman–Crippen MR) is 223 cm³/mol. The van der Waals surface area contributed by atoms with Crippen LogP contribution in [0.1, 0.15) is 114 Å². The van der Waals surface area contributed by atoms with Crippen LogP contribution in [0.2, 0.25) is 0 Å². The number of aliphatic carboxylic acids is 1. The van der Waals surface area contributed by atoms with Crippen LogP contribution in [0.5, 0.6) is 0 Å². The largest absolute Gasteiger partial charge is 0.480 e. The minimum Gasteiger partial charge on any atom is -0.480 e. The molecule has 20 heteroatoms. The number of rotatable bonds is 23. The fourth-order valence-corrected chi connectivity index (χ4v) is 7.45. The Labute approximate surface area is 359 Å². The summed E-state index contributed by atoms with van der Waals surface area (Å²) in [5.41, 5.74) is 7.80. The van der Waals surface area contributed by atoms with Crippen molar-refractivity contribution in [3.8, 4) is 0 Å². The number of amides is 8. The van der Waals surface area contributed by atoms with E-state index in [1.807, 2.05) is 6.92 Å². The van der Waals surface area contributed by atoms with Crippen molar-refractivity contribution in [3.63, 3.8) is 0 Å². The summed E-state index contributed by atoms with van der Waals surface area (Å²) in [5.74, 6) is -6.93. The van der Waals surface area contributed by atoms with Crippen LogP contribution >= 0.6 is 0 Å². The Morgan fingerprint density at radius 3 is 1.52 bits per heavy atom. The molecule has 0 aromatic heterocycles. The molecule has 0 aromatic carbocycles. The second-order valence-electron chi connectivity index (χ2n) is 17.3. The van der Waals surface area contributed by atoms with Crippen LogP contribution < -0.4 is 43.4 Å². The number of nitrogens with zero attached hydrogens (tertiary/aromatic N) is 2. The van der Waals surface area contributed by atoms with Crippen molar-refractivity contribution < 1.29 is 59.7 Å². The predicted octanol–water partition coefficient (Wildman–Crippen LogP) is -2.60. The third-order valence-corrected chi connectivity index (χ3v) is 11.6. The van der Waals surface area contributed by atoms with Gasteiger partial charge in [0.05, 0.1) is 6.54 Å². The van der Waals surface area contributed by atoms with E-state index in [9.17, 15) is 48.3 Å². The number of likely N-dealkylation sites (tertiary alicyclic amines) is 2. The Kier molecular flexibility index (Phi) is 21.0. The molecule has 0 spiro atoms. The highest BCUT2D eigenvalue weighted by molar-refractivity contribution is 5.98. The topological polar surface area (TPSA) is 308 Å². The summed E-state index contributed by atoms with van der Waals surface area (Å²) in [4.78, 5) is 121. The molecule has 20 nitrogen and oxygen atoms in total. The van der Waals surface area contributed by atoms with Gasteiger partial charge in [-0.05, 0) is 77.0 Å². The molecule has 2 saturated heterocycles. The number of carbonyl (C=O) groups excluding carboxylic acids is 8. The molecule has 13 N–H and O–H groups in total. The maximum Gasteiger partial charge on any atom is 0.326 e. The Morgan fingerprint density at radius 2 is 1.03 bits per heavy atom. The van der Waals surface area contributed by atoms with Gasteiger partial charge in [-0.3, -0.25) is 38.4 Å². The van der Waals surface area contributed by atoms with Gasteiger partial charge < -0.3 is 58.3 Å². The minimum absolute atomic E-state index is 0.205. The first-order chi connectivity index (χ1) is 28.6. The highest BCUT2D eigenvalue weighted by Gasteiger charge is 2.41. The molecule has 0 aliphatic carbocycles. The normalized spacial score (nSPS) is 20.3. The van der Waals surface area contributed by atoms with E-state index in [1.165, 1.54) is 30.6 Å². The van der Waals surface area contributed by atoms with Crippen LogP contribution in [0.3, 0.4) is 0 Å². The molecule has 0 bridgehead atoms. The van der Waals surface area contributed by atoms with Gasteiger partial charge in [0, 0.05) is 19.5 Å². The second-order valence-corrected chi connectivity index (χ2v) is 17.3. The van der Waals surface area contributed by atoms with Gasteiger partial charge in [-0.25, -0.2) is 4.79 Å². The van der Waals surface area contributed by atoms with Crippen LogP contribution in [-0.2, 0) is 43.2 Å². The first kappa shape index (κ1) is 52.3. The number of carboxylic acid groups (broad SMARTS) is 1. The minimum atomic E-state index is -1.17. The van der Waals surface area contributed by atoms with Gasteiger partial charge in [-0.15, -0.1) is 0 Å². The number of hydrogen-bond acceptors (Lipinski definition) is 9. The molecule has 2 rings (SSSR count). The van der Waals surface area contributed by atoms with Crippen molar-refractivity contribution in [3.05, 3.63) is 0 Å². The first-order valence-corrected chi connectivity index (χ1v) is 21.9. The highest BCUT2D eigenvalue weighted by Crippen LogP contribution is 2.21. The van der Waals surface area contributed by atoms with Gasteiger partial charge in [0.25, 0.3) is 5.91 Å². The van der Waals surface area contributed by atoms with E-state index in [0.717, 1.165) is 19.4 Å². The maximum absolute atomic E-state index is 13.6. The summed E-state index contributed by atoms with van der Waals surface area (Å²) in [5, 5.41) is 25.4. The molecule has 8 amide bonds. The van der Waals surface area contributed by atoms with E-state index in [-0.39, 0.29) is 18.4 Å². The zero-order valence-corrected chi connectivity index (χ0v) is 37.6. The SMILES string of the molecule is CC[C@H](C)[C@H](NC(=O)[C@@H]1CCCN1C(=O)[C@H](C)NC(=O)[C@@H](NC(=O)[C@@H](NC(=O)[C@H](C)NC(=O)[C@H](C)NC(=O)[C@@H]1CCCN1C(=O)[C@@H]([NH3+])CCCC[NH3+])C(C)C)C(C)C)C(=O)O. The van der Waals surface area contributed by atoms with Gasteiger partial charge in [-0.1, -0.05) is 48.0 Å². The lowest BCUT2D eigenvalue weighted by atomic mass is 9.98. The summed E-state index contributed by atoms with van der Waals surface area (Å²) >= 11 is 0. The van der Waals surface area contributed by atoms with Crippen LogP contribution in [0, 0.1) is 17.8 Å². The second kappa shape index (κ2) is 24.6. The number of unbranched alkanes of at least 4 members (excludes halogenated alkanes) is 1. The van der Waals surface area contributed by atoms with E-state index in [1.54, 1.807) is 34.6 Å². The van der Waals surface area contributed by atoms with E-state index >= 15 is 0 Å². The summed E-state index contributed by atoms with van der Waals surface area (Å²) in [6.45, 7) is 16.1. The van der Waals surface area contributed by atoms with Crippen LogP contribution in [-0.4, -0.2) is 142 Å². The zero-order valence-electron chi connectivity index (χ0n) is 37.6. The fourth-order valence-electron chi connectivity index (χ4n) is 7.45. The van der Waals surface area contributed by atoms with Crippen molar-refractivity contribution in [2.24, 2.45) is 17.8 Å². The standard InChI is InChI=1S/C41H72N10O10/c1-10-23(6)32(41(60)61)49-36(55)29-17-13-19-50(29)39(58)26(9)46-37(56)30(21(2)3)48-38(57)31(22(4)5)47-34(53)25(8)44-33(52)24(7)45-35(54)28-16-14-20-51(28)40(59)27(43)15-11-12-18-42/h21-32H,10-20,42-43H2,1-9H3,(H,44,52)(H,45,54)(H,46,56)(H,47,53)(H,48,57)(H,49,55)(H,60,61)/p+2/t23-,24-,25-,26-,27-,28-,29-,30-,31-,32-/m0/s1. The van der Waals surface area contributed by atoms with Gasteiger partial charge in [-0.2, -0.15) is 0 Å². The summed E-state index contributed by atoms with van der Waals surface area (Å²) in [6, 6.07) is -8.80. The van der Waals surface area contributed by atoms with E-state index in [0.29, 0.717) is 45.1 Å². The van der Waals surface area contributed by atoms with Gasteiger partial charge >= 0.3 is 5.97 Å². The summed E-state index contributed by atoms with van der Waals surface area (Å²) in [7, 11) is 0. The molecular formula is C41H74N10O10+2. The molecular weight excluding hydrogens is 793 g/mol. The third kappa shape index (κ3) is 14.9. The number of nitrogens with one attached hydrogen (secondary N) is 6. The number of carbonyl (C=O) groups is 9. The lowest BCUT2D eigenvalue weighted by molar-refractivity contribution is -0.408. The lowest BCUT2D eigenvalue weighted by Gasteiger charge is -2.31. The number of hydrogen-bond donors (Lipinski definition) is 9. The van der Waals surface area contributed by atoms with Crippen molar-refractivity contribution in [2.75, 3.05) is 19.6 Å². The molecule has 10 atom stereocenters. The summed E-state index contributed by atoms with van der Waals surface area (Å²) < 4.78 is 0. The van der Waals surface area contributed by atoms with Crippen molar-refractivity contribution in [2.45, 2.75) is 168 Å². The molecule has 0 aromatic rings. The average molecular weight is 867 g/mol. The molecule has 2 aliphatic rings. The highest BCUT2D eigenvalue weighted by atomic mass is 16.4. The molecule has 2 fully saturated rings. The first-order valence-electron chi connectivity index (χ1n) is 21.9. The smallest absolute Gasteiger partial charge is 0.326 e. The fraction of sp³-hybridized carbons (Fsp3) is 0.780. The van der Waals surface area contributed by atoms with Crippen molar-refractivity contribution in [1.82, 2.24) is 41.7 Å². The van der Waals surface area contributed by atoms with E-state index in [2.05, 4.69) is 43.4 Å². The Morgan fingerprint density at radius 1 is 0.590 bits per heavy atom. The Balaban J connectivity index is 2.01. The quantitative estimate of drug-likeness (QED) is 0.0483. The van der Waals surface area contributed by atoms with Crippen molar-refractivity contribution in [1.29, 1.82) is 0 Å². The molecule has 2 heterocycles. The molecule has 61 heavy (non-hydrogen) atoms. The van der Waals surface area contributed by atoms with E-state index < -0.39 is 114 Å². The van der Waals surface area contributed by atoms with Crippen LogP contribution in [0.15, 0.2) is 0 Å². The monoisotopic (exact) mass is 867 g/mol. The van der Waals surface area contributed by atoms with Gasteiger partial charge in [0.15, 0.2) is 6.04 Å². The average Bonchev–Trinajstić information content (AvgIpc) is 3.90. The number of quaternary nitrogens is 2. The van der Waals surface area contributed by atoms with Crippen LogP contribution in [0.25, 0.3) is 0 Å². The molecule has 346 valence electrons. The zero-order chi connectivity index (χ0) is 46.3.